The monoisotopic (exact) mass is 462 g/mol. The SMILES string of the molecule is Cc1cccc(OCCNC(=O)COC(=O)c2cc(S(=O)(=O)NC(C)(C)C)ccc2C)c1. The summed E-state index contributed by atoms with van der Waals surface area (Å²) in [7, 11) is -3.81. The first kappa shape index (κ1) is 25.4. The molecule has 2 N–H and O–H groups in total. The van der Waals surface area contributed by atoms with E-state index < -0.39 is 34.0 Å². The van der Waals surface area contributed by atoms with E-state index in [2.05, 4.69) is 10.0 Å². The quantitative estimate of drug-likeness (QED) is 0.438. The average molecular weight is 463 g/mol. The van der Waals surface area contributed by atoms with Gasteiger partial charge in [-0.15, -0.1) is 0 Å². The Kier molecular flexibility index (Phi) is 8.40. The van der Waals surface area contributed by atoms with Gasteiger partial charge < -0.3 is 14.8 Å². The van der Waals surface area contributed by atoms with Gasteiger partial charge in [-0.05, 0) is 70.0 Å². The van der Waals surface area contributed by atoms with E-state index in [9.17, 15) is 18.0 Å². The van der Waals surface area contributed by atoms with E-state index in [4.69, 9.17) is 9.47 Å². The van der Waals surface area contributed by atoms with Gasteiger partial charge in [0.1, 0.15) is 12.4 Å². The van der Waals surface area contributed by atoms with Crippen LogP contribution in [0.4, 0.5) is 0 Å². The van der Waals surface area contributed by atoms with E-state index in [-0.39, 0.29) is 23.6 Å². The van der Waals surface area contributed by atoms with Gasteiger partial charge in [-0.3, -0.25) is 4.79 Å². The molecule has 0 atom stereocenters. The maximum Gasteiger partial charge on any atom is 0.338 e. The van der Waals surface area contributed by atoms with Crippen LogP contribution in [0.5, 0.6) is 5.75 Å². The molecule has 0 aliphatic rings. The van der Waals surface area contributed by atoms with Crippen LogP contribution in [0.15, 0.2) is 47.4 Å². The van der Waals surface area contributed by atoms with E-state index in [1.807, 2.05) is 31.2 Å². The summed E-state index contributed by atoms with van der Waals surface area (Å²) < 4.78 is 38.2. The van der Waals surface area contributed by atoms with Gasteiger partial charge >= 0.3 is 5.97 Å². The summed E-state index contributed by atoms with van der Waals surface area (Å²) in [5, 5.41) is 2.60. The predicted molar refractivity (Wildman–Crippen MR) is 121 cm³/mol. The second-order valence-electron chi connectivity index (χ2n) is 8.42. The molecule has 2 aromatic rings. The standard InChI is InChI=1S/C23H30N2O6S/c1-16-7-6-8-18(13-16)30-12-11-24-21(26)15-31-22(27)20-14-19(10-9-17(20)2)32(28,29)25-23(3,4)5/h6-10,13-14,25H,11-12,15H2,1-5H3,(H,24,26). The van der Waals surface area contributed by atoms with Crippen LogP contribution in [-0.4, -0.2) is 45.6 Å². The lowest BCUT2D eigenvalue weighted by Gasteiger charge is -2.20. The summed E-state index contributed by atoms with van der Waals surface area (Å²) in [5.41, 5.74) is 1.01. The van der Waals surface area contributed by atoms with Gasteiger partial charge in [-0.2, -0.15) is 0 Å². The number of sulfonamides is 1. The van der Waals surface area contributed by atoms with Crippen LogP contribution >= 0.6 is 0 Å². The normalized spacial score (nSPS) is 11.7. The number of esters is 1. The molecule has 0 bridgehead atoms. The van der Waals surface area contributed by atoms with Crippen LogP contribution < -0.4 is 14.8 Å². The van der Waals surface area contributed by atoms with Crippen molar-refractivity contribution in [3.05, 3.63) is 59.2 Å². The van der Waals surface area contributed by atoms with Crippen LogP contribution in [0, 0.1) is 13.8 Å². The van der Waals surface area contributed by atoms with Crippen molar-refractivity contribution in [3.8, 4) is 5.75 Å². The second kappa shape index (κ2) is 10.6. The molecule has 0 heterocycles. The highest BCUT2D eigenvalue weighted by Gasteiger charge is 2.24. The van der Waals surface area contributed by atoms with Gasteiger partial charge in [-0.1, -0.05) is 18.2 Å². The highest BCUT2D eigenvalue weighted by molar-refractivity contribution is 7.89. The molecule has 0 fully saturated rings. The van der Waals surface area contributed by atoms with Gasteiger partial charge in [0, 0.05) is 5.54 Å². The Balaban J connectivity index is 1.88. The molecule has 0 unspecified atom stereocenters. The van der Waals surface area contributed by atoms with E-state index in [1.165, 1.54) is 18.2 Å². The van der Waals surface area contributed by atoms with Gasteiger partial charge in [0.15, 0.2) is 6.61 Å². The van der Waals surface area contributed by atoms with Crippen LogP contribution in [0.1, 0.15) is 42.3 Å². The van der Waals surface area contributed by atoms with Gasteiger partial charge in [-0.25, -0.2) is 17.9 Å². The molecule has 174 valence electrons. The number of benzene rings is 2. The third-order valence-corrected chi connectivity index (χ3v) is 5.95. The van der Waals surface area contributed by atoms with Crippen molar-refractivity contribution in [2.75, 3.05) is 19.8 Å². The lowest BCUT2D eigenvalue weighted by atomic mass is 10.1. The fourth-order valence-corrected chi connectivity index (χ4v) is 4.22. The van der Waals surface area contributed by atoms with Crippen molar-refractivity contribution in [3.63, 3.8) is 0 Å². The molecule has 0 radical (unpaired) electrons. The maximum atomic E-state index is 12.5. The molecule has 2 rings (SSSR count). The zero-order valence-corrected chi connectivity index (χ0v) is 19.8. The number of aryl methyl sites for hydroxylation is 2. The molecule has 0 spiro atoms. The maximum absolute atomic E-state index is 12.5. The summed E-state index contributed by atoms with van der Waals surface area (Å²) in [5.74, 6) is -0.555. The summed E-state index contributed by atoms with van der Waals surface area (Å²) in [6.45, 7) is 8.80. The fraction of sp³-hybridized carbons (Fsp3) is 0.391. The van der Waals surface area contributed by atoms with Gasteiger partial charge in [0.05, 0.1) is 17.0 Å². The number of nitrogens with one attached hydrogen (secondary N) is 2. The Labute approximate surface area is 189 Å². The van der Waals surface area contributed by atoms with Crippen LogP contribution in [0.3, 0.4) is 0 Å². The average Bonchev–Trinajstić information content (AvgIpc) is 2.68. The van der Waals surface area contributed by atoms with Crippen LogP contribution in [0.25, 0.3) is 0 Å². The number of carbonyl (C=O) groups is 2. The molecule has 9 heteroatoms. The molecule has 0 saturated heterocycles. The first-order chi connectivity index (χ1) is 14.9. The molecule has 0 aliphatic carbocycles. The minimum absolute atomic E-state index is 0.0530. The van der Waals surface area contributed by atoms with Crippen LogP contribution in [0.2, 0.25) is 0 Å². The van der Waals surface area contributed by atoms with Crippen molar-refractivity contribution in [2.45, 2.75) is 45.1 Å². The third kappa shape index (κ3) is 7.97. The van der Waals surface area contributed by atoms with E-state index in [0.717, 1.165) is 5.56 Å². The van der Waals surface area contributed by atoms with Crippen molar-refractivity contribution < 1.29 is 27.5 Å². The Bertz CT molecular complexity index is 1070. The molecule has 0 saturated carbocycles. The Morgan fingerprint density at radius 1 is 1.03 bits per heavy atom. The number of ether oxygens (including phenoxy) is 2. The first-order valence-electron chi connectivity index (χ1n) is 10.2. The first-order valence-corrected chi connectivity index (χ1v) is 11.6. The Morgan fingerprint density at radius 2 is 1.75 bits per heavy atom. The lowest BCUT2D eigenvalue weighted by Crippen LogP contribution is -2.40. The number of carbonyl (C=O) groups excluding carboxylic acids is 2. The Hall–Kier alpha value is -2.91. The van der Waals surface area contributed by atoms with Crippen molar-refractivity contribution in [1.29, 1.82) is 0 Å². The molecular weight excluding hydrogens is 432 g/mol. The topological polar surface area (TPSA) is 111 Å². The predicted octanol–water partition coefficient (Wildman–Crippen LogP) is 2.73. The molecular formula is C23H30N2O6S. The number of hydrogen-bond acceptors (Lipinski definition) is 6. The van der Waals surface area contributed by atoms with E-state index >= 15 is 0 Å². The molecule has 0 aromatic heterocycles. The minimum atomic E-state index is -3.81. The number of rotatable bonds is 9. The summed E-state index contributed by atoms with van der Waals surface area (Å²) in [6.07, 6.45) is 0. The largest absolute Gasteiger partial charge is 0.492 e. The van der Waals surface area contributed by atoms with Gasteiger partial charge in [0.2, 0.25) is 10.0 Å². The molecule has 32 heavy (non-hydrogen) atoms. The molecule has 0 aliphatic heterocycles. The number of amides is 1. The summed E-state index contributed by atoms with van der Waals surface area (Å²) in [6, 6.07) is 11.7. The zero-order chi connectivity index (χ0) is 23.9. The summed E-state index contributed by atoms with van der Waals surface area (Å²) >= 11 is 0. The smallest absolute Gasteiger partial charge is 0.338 e. The van der Waals surface area contributed by atoms with E-state index in [0.29, 0.717) is 11.3 Å². The van der Waals surface area contributed by atoms with Gasteiger partial charge in [0.25, 0.3) is 5.91 Å². The van der Waals surface area contributed by atoms with E-state index in [1.54, 1.807) is 27.7 Å². The highest BCUT2D eigenvalue weighted by atomic mass is 32.2. The third-order valence-electron chi connectivity index (χ3n) is 4.20. The minimum Gasteiger partial charge on any atom is -0.492 e. The lowest BCUT2D eigenvalue weighted by molar-refractivity contribution is -0.124. The highest BCUT2D eigenvalue weighted by Crippen LogP contribution is 2.18. The summed E-state index contributed by atoms with van der Waals surface area (Å²) in [4.78, 5) is 24.3. The van der Waals surface area contributed by atoms with Crippen molar-refractivity contribution >= 4 is 21.9 Å². The zero-order valence-electron chi connectivity index (χ0n) is 19.0. The van der Waals surface area contributed by atoms with Crippen molar-refractivity contribution in [1.82, 2.24) is 10.0 Å². The number of hydrogen-bond donors (Lipinski definition) is 2. The molecule has 2 aromatic carbocycles. The van der Waals surface area contributed by atoms with Crippen LogP contribution in [-0.2, 0) is 19.6 Å². The molecule has 8 nitrogen and oxygen atoms in total. The fourth-order valence-electron chi connectivity index (χ4n) is 2.77. The second-order valence-corrected chi connectivity index (χ2v) is 10.1. The molecule has 1 amide bonds. The van der Waals surface area contributed by atoms with Crippen molar-refractivity contribution in [2.24, 2.45) is 0 Å². The Morgan fingerprint density at radius 3 is 2.41 bits per heavy atom.